The molecule has 0 saturated carbocycles. The van der Waals surface area contributed by atoms with E-state index in [1.165, 1.54) is 12.3 Å². The number of halogens is 3. The van der Waals surface area contributed by atoms with E-state index in [4.69, 9.17) is 5.11 Å². The third-order valence-corrected chi connectivity index (χ3v) is 4.77. The van der Waals surface area contributed by atoms with E-state index in [2.05, 4.69) is 4.98 Å². The summed E-state index contributed by atoms with van der Waals surface area (Å²) in [6, 6.07) is 3.08. The van der Waals surface area contributed by atoms with Crippen LogP contribution in [0.4, 0.5) is 19.0 Å². The highest BCUT2D eigenvalue weighted by molar-refractivity contribution is 5.99. The summed E-state index contributed by atoms with van der Waals surface area (Å²) >= 11 is 0. The number of likely N-dealkylation sites (tertiary alicyclic amines) is 1. The van der Waals surface area contributed by atoms with Crippen LogP contribution >= 0.6 is 0 Å². The average Bonchev–Trinajstić information content (AvgIpc) is 3.23. The zero-order valence-corrected chi connectivity index (χ0v) is 13.4. The van der Waals surface area contributed by atoms with E-state index in [1.54, 1.807) is 6.07 Å². The molecule has 0 unspecified atom stereocenters. The van der Waals surface area contributed by atoms with Crippen LogP contribution in [0, 0.1) is 11.8 Å². The van der Waals surface area contributed by atoms with Crippen LogP contribution < -0.4 is 4.90 Å². The lowest BCUT2D eigenvalue weighted by Crippen LogP contribution is -2.34. The van der Waals surface area contributed by atoms with Gasteiger partial charge in [0.1, 0.15) is 5.82 Å². The number of hydrogen-bond donors (Lipinski definition) is 1. The minimum atomic E-state index is -4.66. The molecule has 3 rings (SSSR count). The lowest BCUT2D eigenvalue weighted by molar-refractivity contribution is -0.187. The minimum absolute atomic E-state index is 0.219. The Balaban J connectivity index is 1.86. The van der Waals surface area contributed by atoms with Gasteiger partial charge in [-0.2, -0.15) is 13.2 Å². The second kappa shape index (κ2) is 6.53. The molecule has 1 aromatic heterocycles. The number of aliphatic carboxylic acids is 1. The molecule has 3 heterocycles. The van der Waals surface area contributed by atoms with Gasteiger partial charge in [0.05, 0.1) is 17.4 Å². The molecule has 2 aliphatic heterocycles. The summed E-state index contributed by atoms with van der Waals surface area (Å²) in [6.07, 6.45) is -1.20. The van der Waals surface area contributed by atoms with Crippen molar-refractivity contribution in [2.75, 3.05) is 31.1 Å². The molecular formula is C16H18F3N3O3. The number of carbonyl (C=O) groups is 2. The fraction of sp³-hybridized carbons (Fsp3) is 0.562. The predicted molar refractivity (Wildman–Crippen MR) is 82.3 cm³/mol. The standard InChI is InChI=1S/C16H18F3N3O3/c17-16(18,19)12-9-22(8-11(12)15(24)25)14(23)10-4-3-5-20-13(10)21-6-1-2-7-21/h3-5,11-12H,1-2,6-9H2,(H,24,25)/t11-,12-/m1/s1. The van der Waals surface area contributed by atoms with Gasteiger partial charge >= 0.3 is 12.1 Å². The summed E-state index contributed by atoms with van der Waals surface area (Å²) < 4.78 is 39.3. The van der Waals surface area contributed by atoms with E-state index in [1.807, 2.05) is 4.90 Å². The normalized spacial score (nSPS) is 24.0. The van der Waals surface area contributed by atoms with Crippen LogP contribution in [0.5, 0.6) is 0 Å². The fourth-order valence-corrected chi connectivity index (χ4v) is 3.47. The van der Waals surface area contributed by atoms with Gasteiger partial charge in [0.25, 0.3) is 5.91 Å². The number of amides is 1. The monoisotopic (exact) mass is 357 g/mol. The van der Waals surface area contributed by atoms with Gasteiger partial charge in [-0.3, -0.25) is 9.59 Å². The van der Waals surface area contributed by atoms with Crippen molar-refractivity contribution >= 4 is 17.7 Å². The van der Waals surface area contributed by atoms with Crippen LogP contribution in [0.3, 0.4) is 0 Å². The average molecular weight is 357 g/mol. The SMILES string of the molecule is O=C(O)[C@@H]1CN(C(=O)c2cccnc2N2CCCC2)C[C@H]1C(F)(F)F. The highest BCUT2D eigenvalue weighted by atomic mass is 19.4. The van der Waals surface area contributed by atoms with Crippen LogP contribution in [0.15, 0.2) is 18.3 Å². The maximum atomic E-state index is 13.1. The molecule has 6 nitrogen and oxygen atoms in total. The first-order valence-corrected chi connectivity index (χ1v) is 8.08. The van der Waals surface area contributed by atoms with E-state index >= 15 is 0 Å². The number of aromatic nitrogens is 1. The van der Waals surface area contributed by atoms with E-state index in [-0.39, 0.29) is 5.56 Å². The quantitative estimate of drug-likeness (QED) is 0.896. The Kier molecular flexibility index (Phi) is 4.57. The second-order valence-electron chi connectivity index (χ2n) is 6.37. The third-order valence-electron chi connectivity index (χ3n) is 4.77. The molecule has 1 aromatic rings. The number of carbonyl (C=O) groups excluding carboxylic acids is 1. The zero-order valence-electron chi connectivity index (χ0n) is 13.4. The molecule has 2 aliphatic rings. The summed E-state index contributed by atoms with van der Waals surface area (Å²) in [7, 11) is 0. The number of anilines is 1. The Hall–Kier alpha value is -2.32. The van der Waals surface area contributed by atoms with Gasteiger partial charge in [-0.15, -0.1) is 0 Å². The molecule has 2 atom stereocenters. The Bertz CT molecular complexity index is 674. The van der Waals surface area contributed by atoms with Gasteiger partial charge in [-0.25, -0.2) is 4.98 Å². The van der Waals surface area contributed by atoms with Crippen molar-refractivity contribution in [3.8, 4) is 0 Å². The number of carboxylic acid groups (broad SMARTS) is 1. The van der Waals surface area contributed by atoms with E-state index in [0.29, 0.717) is 5.82 Å². The van der Waals surface area contributed by atoms with Crippen molar-refractivity contribution in [1.82, 2.24) is 9.88 Å². The molecule has 0 radical (unpaired) electrons. The zero-order chi connectivity index (χ0) is 18.2. The van der Waals surface area contributed by atoms with E-state index < -0.39 is 43.0 Å². The molecule has 0 spiro atoms. The van der Waals surface area contributed by atoms with Gasteiger partial charge in [0.15, 0.2) is 0 Å². The molecule has 2 fully saturated rings. The molecule has 2 saturated heterocycles. The van der Waals surface area contributed by atoms with E-state index in [0.717, 1.165) is 30.8 Å². The second-order valence-corrected chi connectivity index (χ2v) is 6.37. The van der Waals surface area contributed by atoms with E-state index in [9.17, 15) is 22.8 Å². The van der Waals surface area contributed by atoms with Crippen LogP contribution in [-0.4, -0.2) is 59.2 Å². The van der Waals surface area contributed by atoms with Gasteiger partial charge in [-0.05, 0) is 25.0 Å². The molecule has 0 aromatic carbocycles. The van der Waals surface area contributed by atoms with Crippen molar-refractivity contribution in [3.63, 3.8) is 0 Å². The Morgan fingerprint density at radius 3 is 2.44 bits per heavy atom. The maximum absolute atomic E-state index is 13.1. The molecular weight excluding hydrogens is 339 g/mol. The first-order valence-electron chi connectivity index (χ1n) is 8.08. The number of pyridine rings is 1. The first kappa shape index (κ1) is 17.5. The summed E-state index contributed by atoms with van der Waals surface area (Å²) in [5, 5.41) is 9.09. The fourth-order valence-electron chi connectivity index (χ4n) is 3.47. The lowest BCUT2D eigenvalue weighted by atomic mass is 9.96. The molecule has 25 heavy (non-hydrogen) atoms. The number of rotatable bonds is 3. The number of alkyl halides is 3. The molecule has 9 heteroatoms. The summed E-state index contributed by atoms with van der Waals surface area (Å²) in [5.41, 5.74) is 0.219. The number of hydrogen-bond acceptors (Lipinski definition) is 4. The first-order chi connectivity index (χ1) is 11.8. The molecule has 0 aliphatic carbocycles. The topological polar surface area (TPSA) is 73.7 Å². The smallest absolute Gasteiger partial charge is 0.394 e. The largest absolute Gasteiger partial charge is 0.481 e. The molecule has 1 amide bonds. The van der Waals surface area contributed by atoms with Crippen molar-refractivity contribution in [1.29, 1.82) is 0 Å². The minimum Gasteiger partial charge on any atom is -0.481 e. The van der Waals surface area contributed by atoms with Crippen LogP contribution in [0.1, 0.15) is 23.2 Å². The predicted octanol–water partition coefficient (Wildman–Crippen LogP) is 2.02. The highest BCUT2D eigenvalue weighted by Gasteiger charge is 2.53. The summed E-state index contributed by atoms with van der Waals surface area (Å²) in [4.78, 5) is 31.1. The van der Waals surface area contributed by atoms with Crippen LogP contribution in [0.2, 0.25) is 0 Å². The molecule has 136 valence electrons. The van der Waals surface area contributed by atoms with Crippen LogP contribution in [-0.2, 0) is 4.79 Å². The maximum Gasteiger partial charge on any atom is 0.394 e. The van der Waals surface area contributed by atoms with Gasteiger partial charge in [0.2, 0.25) is 0 Å². The van der Waals surface area contributed by atoms with Gasteiger partial charge in [-0.1, -0.05) is 0 Å². The van der Waals surface area contributed by atoms with Crippen molar-refractivity contribution in [2.45, 2.75) is 19.0 Å². The van der Waals surface area contributed by atoms with Gasteiger partial charge in [0, 0.05) is 32.4 Å². The highest BCUT2D eigenvalue weighted by Crippen LogP contribution is 2.38. The van der Waals surface area contributed by atoms with Crippen molar-refractivity contribution in [3.05, 3.63) is 23.9 Å². The van der Waals surface area contributed by atoms with Crippen LogP contribution in [0.25, 0.3) is 0 Å². The van der Waals surface area contributed by atoms with Gasteiger partial charge < -0.3 is 14.9 Å². The summed E-state index contributed by atoms with van der Waals surface area (Å²) in [5.74, 6) is -5.39. The molecule has 1 N–H and O–H groups in total. The van der Waals surface area contributed by atoms with Crippen molar-refractivity contribution in [2.24, 2.45) is 11.8 Å². The number of nitrogens with zero attached hydrogens (tertiary/aromatic N) is 3. The summed E-state index contributed by atoms with van der Waals surface area (Å²) in [6.45, 7) is 0.376. The van der Waals surface area contributed by atoms with Crippen molar-refractivity contribution < 1.29 is 27.9 Å². The Morgan fingerprint density at radius 2 is 1.88 bits per heavy atom. The number of carboxylic acids is 1. The third kappa shape index (κ3) is 3.40. The Morgan fingerprint density at radius 1 is 1.20 bits per heavy atom. The lowest BCUT2D eigenvalue weighted by Gasteiger charge is -2.23. The Labute approximate surface area is 142 Å². The molecule has 0 bridgehead atoms.